The summed E-state index contributed by atoms with van der Waals surface area (Å²) in [5, 5.41) is 9.82. The van der Waals surface area contributed by atoms with Crippen molar-refractivity contribution in [1.82, 2.24) is 0 Å². The lowest BCUT2D eigenvalue weighted by Gasteiger charge is -2.48. The van der Waals surface area contributed by atoms with Gasteiger partial charge in [0.1, 0.15) is 5.54 Å². The molecular weight excluding hydrogens is 202 g/mol. The van der Waals surface area contributed by atoms with Crippen molar-refractivity contribution in [1.29, 1.82) is 0 Å². The second kappa shape index (κ2) is 3.55. The van der Waals surface area contributed by atoms with Crippen LogP contribution in [-0.4, -0.2) is 16.8 Å². The molecule has 1 N–H and O–H groups in total. The summed E-state index contributed by atoms with van der Waals surface area (Å²) < 4.78 is 0. The lowest BCUT2D eigenvalue weighted by Crippen LogP contribution is -2.51. The highest BCUT2D eigenvalue weighted by Gasteiger charge is 2.52. The van der Waals surface area contributed by atoms with E-state index < -0.39 is 11.1 Å². The second-order valence-corrected chi connectivity index (χ2v) is 4.95. The Morgan fingerprint density at radius 3 is 2.62 bits per heavy atom. The van der Waals surface area contributed by atoms with Crippen molar-refractivity contribution in [2.75, 3.05) is 0 Å². The Morgan fingerprint density at radius 1 is 1.44 bits per heavy atom. The fraction of sp³-hybridized carbons (Fsp3) is 0.462. The maximum absolute atomic E-state index is 10.5. The smallest absolute Gasteiger partial charge is 0.235 e. The molecule has 1 fully saturated rings. The van der Waals surface area contributed by atoms with Gasteiger partial charge < -0.3 is 5.11 Å². The molecule has 84 valence electrons. The van der Waals surface area contributed by atoms with E-state index in [1.54, 1.807) is 13.0 Å². The van der Waals surface area contributed by atoms with Crippen LogP contribution in [0.1, 0.15) is 30.9 Å². The first-order valence-electron chi connectivity index (χ1n) is 5.36. The van der Waals surface area contributed by atoms with E-state index in [0.717, 1.165) is 11.1 Å². The van der Waals surface area contributed by atoms with Crippen LogP contribution in [0.4, 0.5) is 0 Å². The summed E-state index contributed by atoms with van der Waals surface area (Å²) in [4.78, 5) is 14.4. The molecule has 1 aliphatic carbocycles. The Balaban J connectivity index is 2.39. The first-order valence-corrected chi connectivity index (χ1v) is 5.36. The minimum Gasteiger partial charge on any atom is -0.390 e. The lowest BCUT2D eigenvalue weighted by atomic mass is 9.63. The van der Waals surface area contributed by atoms with Crippen molar-refractivity contribution in [2.24, 2.45) is 4.99 Å². The topological polar surface area (TPSA) is 49.7 Å². The third-order valence-corrected chi connectivity index (χ3v) is 3.16. The van der Waals surface area contributed by atoms with Crippen molar-refractivity contribution in [3.8, 4) is 0 Å². The Morgan fingerprint density at radius 2 is 2.12 bits per heavy atom. The van der Waals surface area contributed by atoms with E-state index in [1.165, 1.54) is 0 Å². The van der Waals surface area contributed by atoms with E-state index in [1.807, 2.05) is 31.2 Å². The first-order chi connectivity index (χ1) is 7.47. The number of benzene rings is 1. The largest absolute Gasteiger partial charge is 0.390 e. The minimum atomic E-state index is -0.718. The van der Waals surface area contributed by atoms with Crippen molar-refractivity contribution in [3.63, 3.8) is 0 Å². The SMILES string of the molecule is Cc1cccc(C2(N=C=O)CC(C)(O)C2)c1. The summed E-state index contributed by atoms with van der Waals surface area (Å²) in [6.45, 7) is 3.76. The predicted molar refractivity (Wildman–Crippen MR) is 60.8 cm³/mol. The molecule has 0 atom stereocenters. The van der Waals surface area contributed by atoms with Gasteiger partial charge in [0, 0.05) is 12.8 Å². The Kier molecular flexibility index (Phi) is 2.45. The van der Waals surface area contributed by atoms with E-state index in [-0.39, 0.29) is 0 Å². The summed E-state index contributed by atoms with van der Waals surface area (Å²) in [6.07, 6.45) is 2.60. The van der Waals surface area contributed by atoms with Crippen LogP contribution in [-0.2, 0) is 10.3 Å². The number of nitrogens with zero attached hydrogens (tertiary/aromatic N) is 1. The lowest BCUT2D eigenvalue weighted by molar-refractivity contribution is -0.0727. The molecule has 1 saturated carbocycles. The van der Waals surface area contributed by atoms with Gasteiger partial charge in [-0.25, -0.2) is 4.79 Å². The Bertz CT molecular complexity index is 451. The Labute approximate surface area is 94.8 Å². The fourth-order valence-corrected chi connectivity index (χ4v) is 2.58. The van der Waals surface area contributed by atoms with Crippen LogP contribution in [0.25, 0.3) is 0 Å². The summed E-state index contributed by atoms with van der Waals surface area (Å²) in [7, 11) is 0. The summed E-state index contributed by atoms with van der Waals surface area (Å²) >= 11 is 0. The average molecular weight is 217 g/mol. The van der Waals surface area contributed by atoms with Gasteiger partial charge in [0.25, 0.3) is 0 Å². The molecule has 3 heteroatoms. The van der Waals surface area contributed by atoms with Gasteiger partial charge in [-0.05, 0) is 19.4 Å². The number of isocyanates is 1. The highest BCUT2D eigenvalue weighted by Crippen LogP contribution is 2.51. The molecule has 0 aliphatic heterocycles. The fourth-order valence-electron chi connectivity index (χ4n) is 2.58. The van der Waals surface area contributed by atoms with E-state index in [4.69, 9.17) is 0 Å². The zero-order valence-electron chi connectivity index (χ0n) is 9.53. The molecule has 2 rings (SSSR count). The maximum atomic E-state index is 10.5. The van der Waals surface area contributed by atoms with Gasteiger partial charge in [-0.15, -0.1) is 0 Å². The van der Waals surface area contributed by atoms with Gasteiger partial charge in [-0.1, -0.05) is 29.8 Å². The molecule has 0 bridgehead atoms. The molecule has 3 nitrogen and oxygen atoms in total. The molecular formula is C13H15NO2. The molecule has 16 heavy (non-hydrogen) atoms. The number of aliphatic imine (C=N–C) groups is 1. The van der Waals surface area contributed by atoms with Gasteiger partial charge in [0.05, 0.1) is 5.60 Å². The first kappa shape index (κ1) is 11.1. The number of aliphatic hydroxyl groups is 1. The van der Waals surface area contributed by atoms with Crippen molar-refractivity contribution >= 4 is 6.08 Å². The van der Waals surface area contributed by atoms with Crippen molar-refractivity contribution in [3.05, 3.63) is 35.4 Å². The molecule has 0 aromatic heterocycles. The Hall–Kier alpha value is -1.44. The monoisotopic (exact) mass is 217 g/mol. The third-order valence-electron chi connectivity index (χ3n) is 3.16. The van der Waals surface area contributed by atoms with Crippen LogP contribution in [0.3, 0.4) is 0 Å². The molecule has 0 spiro atoms. The van der Waals surface area contributed by atoms with Crippen LogP contribution < -0.4 is 0 Å². The second-order valence-electron chi connectivity index (χ2n) is 4.95. The predicted octanol–water partition coefficient (Wildman–Crippen LogP) is 2.07. The number of hydrogen-bond donors (Lipinski definition) is 1. The number of carbonyl (C=O) groups excluding carboxylic acids is 1. The molecule has 0 heterocycles. The van der Waals surface area contributed by atoms with Crippen LogP contribution in [0, 0.1) is 6.92 Å². The highest BCUT2D eigenvalue weighted by atomic mass is 16.3. The quantitative estimate of drug-likeness (QED) is 0.609. The van der Waals surface area contributed by atoms with Gasteiger partial charge in [-0.3, -0.25) is 0 Å². The van der Waals surface area contributed by atoms with E-state index in [0.29, 0.717) is 12.8 Å². The van der Waals surface area contributed by atoms with E-state index in [9.17, 15) is 9.90 Å². The zero-order chi connectivity index (χ0) is 11.8. The van der Waals surface area contributed by atoms with Crippen LogP contribution >= 0.6 is 0 Å². The van der Waals surface area contributed by atoms with E-state index in [2.05, 4.69) is 4.99 Å². The van der Waals surface area contributed by atoms with E-state index >= 15 is 0 Å². The number of aryl methyl sites for hydroxylation is 1. The third kappa shape index (κ3) is 1.80. The number of rotatable bonds is 2. The van der Waals surface area contributed by atoms with Crippen LogP contribution in [0.15, 0.2) is 29.3 Å². The number of hydrogen-bond acceptors (Lipinski definition) is 3. The average Bonchev–Trinajstić information content (AvgIpc) is 2.15. The molecule has 1 aromatic carbocycles. The van der Waals surface area contributed by atoms with Crippen molar-refractivity contribution < 1.29 is 9.90 Å². The van der Waals surface area contributed by atoms with Gasteiger partial charge in [0.15, 0.2) is 0 Å². The van der Waals surface area contributed by atoms with Crippen LogP contribution in [0.2, 0.25) is 0 Å². The summed E-state index contributed by atoms with van der Waals surface area (Å²) in [5.41, 5.74) is 0.841. The standard InChI is InChI=1S/C13H15NO2/c1-10-4-3-5-11(6-10)13(14-9-15)7-12(2,16)8-13/h3-6,16H,7-8H2,1-2H3. The van der Waals surface area contributed by atoms with Gasteiger partial charge in [0.2, 0.25) is 6.08 Å². The molecule has 0 saturated heterocycles. The minimum absolute atomic E-state index is 0.485. The molecule has 1 aromatic rings. The maximum Gasteiger partial charge on any atom is 0.235 e. The normalized spacial score (nSPS) is 32.7. The molecule has 0 unspecified atom stereocenters. The van der Waals surface area contributed by atoms with Gasteiger partial charge in [-0.2, -0.15) is 4.99 Å². The highest BCUT2D eigenvalue weighted by molar-refractivity contribution is 5.41. The zero-order valence-corrected chi connectivity index (χ0v) is 9.53. The van der Waals surface area contributed by atoms with Gasteiger partial charge >= 0.3 is 0 Å². The summed E-state index contributed by atoms with van der Waals surface area (Å²) in [5.74, 6) is 0. The molecule has 0 radical (unpaired) electrons. The van der Waals surface area contributed by atoms with Crippen LogP contribution in [0.5, 0.6) is 0 Å². The molecule has 0 amide bonds. The van der Waals surface area contributed by atoms with Crippen molar-refractivity contribution in [2.45, 2.75) is 37.8 Å². The molecule has 1 aliphatic rings. The summed E-state index contributed by atoms with van der Waals surface area (Å²) in [6, 6.07) is 7.90.